The lowest BCUT2D eigenvalue weighted by Crippen LogP contribution is -2.42. The number of likely N-dealkylation sites (tertiary alicyclic amines) is 1. The number of piperidine rings is 1. The van der Waals surface area contributed by atoms with Crippen molar-refractivity contribution in [3.63, 3.8) is 0 Å². The molecule has 0 bridgehead atoms. The van der Waals surface area contributed by atoms with E-state index in [1.165, 1.54) is 68.2 Å². The molecule has 1 atom stereocenters. The smallest absolute Gasteiger partial charge is 0.0458 e. The average molecular weight is 254 g/mol. The van der Waals surface area contributed by atoms with E-state index < -0.39 is 0 Å². The SMILES string of the molecule is c1ccc2c3c([nH]c2c1)CCC(N1CCCCC1)C3. The van der Waals surface area contributed by atoms with Crippen molar-refractivity contribution in [2.45, 2.75) is 44.6 Å². The summed E-state index contributed by atoms with van der Waals surface area (Å²) in [6.45, 7) is 2.64. The van der Waals surface area contributed by atoms with Crippen LogP contribution in [0, 0.1) is 0 Å². The second-order valence-corrected chi connectivity index (χ2v) is 6.12. The highest BCUT2D eigenvalue weighted by Gasteiger charge is 2.27. The van der Waals surface area contributed by atoms with Crippen LogP contribution in [0.4, 0.5) is 0 Å². The van der Waals surface area contributed by atoms with Crippen LogP contribution >= 0.6 is 0 Å². The van der Waals surface area contributed by atoms with Gasteiger partial charge in [0.05, 0.1) is 0 Å². The molecular formula is C17H22N2. The summed E-state index contributed by atoms with van der Waals surface area (Å²) in [5, 5.41) is 1.46. The Kier molecular flexibility index (Phi) is 2.84. The van der Waals surface area contributed by atoms with Crippen molar-refractivity contribution in [2.24, 2.45) is 0 Å². The maximum absolute atomic E-state index is 3.62. The fourth-order valence-electron chi connectivity index (χ4n) is 3.95. The standard InChI is InChI=1S/C17H22N2/c1-4-10-19(11-5-1)13-8-9-17-15(12-13)14-6-2-3-7-16(14)18-17/h2-3,6-7,13,18H,1,4-5,8-12H2. The molecule has 1 fully saturated rings. The number of fused-ring (bicyclic) bond motifs is 3. The van der Waals surface area contributed by atoms with Gasteiger partial charge in [-0.25, -0.2) is 0 Å². The predicted octanol–water partition coefficient (Wildman–Crippen LogP) is 3.51. The molecule has 1 aliphatic heterocycles. The Balaban J connectivity index is 1.65. The number of aromatic nitrogens is 1. The Morgan fingerprint density at radius 2 is 1.89 bits per heavy atom. The number of rotatable bonds is 1. The third-order valence-corrected chi connectivity index (χ3v) is 4.98. The van der Waals surface area contributed by atoms with Gasteiger partial charge in [0, 0.05) is 22.6 Å². The molecule has 2 aromatic rings. The van der Waals surface area contributed by atoms with Gasteiger partial charge in [-0.3, -0.25) is 0 Å². The molecule has 0 spiro atoms. The fraction of sp³-hybridized carbons (Fsp3) is 0.529. The molecule has 0 saturated carbocycles. The van der Waals surface area contributed by atoms with Gasteiger partial charge < -0.3 is 9.88 Å². The van der Waals surface area contributed by atoms with Gasteiger partial charge in [0.2, 0.25) is 0 Å². The van der Waals surface area contributed by atoms with Gasteiger partial charge in [-0.1, -0.05) is 24.6 Å². The lowest BCUT2D eigenvalue weighted by Gasteiger charge is -2.36. The Labute approximate surface area is 114 Å². The zero-order valence-electron chi connectivity index (χ0n) is 11.5. The number of hydrogen-bond acceptors (Lipinski definition) is 1. The molecule has 19 heavy (non-hydrogen) atoms. The summed E-state index contributed by atoms with van der Waals surface area (Å²) >= 11 is 0. The summed E-state index contributed by atoms with van der Waals surface area (Å²) in [6.07, 6.45) is 8.04. The minimum Gasteiger partial charge on any atom is -0.358 e. The highest BCUT2D eigenvalue weighted by molar-refractivity contribution is 5.84. The molecule has 1 saturated heterocycles. The average Bonchev–Trinajstić information content (AvgIpc) is 2.86. The summed E-state index contributed by atoms with van der Waals surface area (Å²) in [4.78, 5) is 6.37. The van der Waals surface area contributed by atoms with Crippen LogP contribution in [0.15, 0.2) is 24.3 Å². The number of aryl methyl sites for hydroxylation is 1. The largest absolute Gasteiger partial charge is 0.358 e. The summed E-state index contributed by atoms with van der Waals surface area (Å²) < 4.78 is 0. The van der Waals surface area contributed by atoms with Gasteiger partial charge >= 0.3 is 0 Å². The van der Waals surface area contributed by atoms with Crippen molar-refractivity contribution in [1.82, 2.24) is 9.88 Å². The van der Waals surface area contributed by atoms with Crippen LogP contribution in [-0.2, 0) is 12.8 Å². The number of para-hydroxylation sites is 1. The molecule has 0 amide bonds. The van der Waals surface area contributed by atoms with Crippen molar-refractivity contribution in [3.05, 3.63) is 35.5 Å². The Bertz CT molecular complexity index is 578. The first-order valence-electron chi connectivity index (χ1n) is 7.74. The molecule has 1 unspecified atom stereocenters. The molecule has 2 nitrogen and oxygen atoms in total. The van der Waals surface area contributed by atoms with E-state index in [0.29, 0.717) is 0 Å². The number of nitrogens with zero attached hydrogens (tertiary/aromatic N) is 1. The predicted molar refractivity (Wildman–Crippen MR) is 79.5 cm³/mol. The lowest BCUT2D eigenvalue weighted by molar-refractivity contribution is 0.150. The molecule has 2 heterocycles. The van der Waals surface area contributed by atoms with Gasteiger partial charge in [0.25, 0.3) is 0 Å². The van der Waals surface area contributed by atoms with Crippen LogP contribution in [0.1, 0.15) is 36.9 Å². The monoisotopic (exact) mass is 254 g/mol. The fourth-order valence-corrected chi connectivity index (χ4v) is 3.95. The van der Waals surface area contributed by atoms with Crippen LogP contribution in [0.5, 0.6) is 0 Å². The Hall–Kier alpha value is -1.28. The van der Waals surface area contributed by atoms with E-state index in [1.807, 2.05) is 0 Å². The van der Waals surface area contributed by atoms with Crippen molar-refractivity contribution >= 4 is 10.9 Å². The van der Waals surface area contributed by atoms with Gasteiger partial charge in [-0.2, -0.15) is 0 Å². The Morgan fingerprint density at radius 1 is 1.05 bits per heavy atom. The van der Waals surface area contributed by atoms with E-state index in [9.17, 15) is 0 Å². The van der Waals surface area contributed by atoms with Crippen LogP contribution in [-0.4, -0.2) is 29.0 Å². The van der Waals surface area contributed by atoms with Crippen LogP contribution in [0.3, 0.4) is 0 Å². The quantitative estimate of drug-likeness (QED) is 0.825. The third kappa shape index (κ3) is 1.99. The van der Waals surface area contributed by atoms with Crippen molar-refractivity contribution in [1.29, 1.82) is 0 Å². The minimum absolute atomic E-state index is 0.784. The molecule has 2 heteroatoms. The second kappa shape index (κ2) is 4.68. The maximum Gasteiger partial charge on any atom is 0.0458 e. The summed E-state index contributed by atoms with van der Waals surface area (Å²) in [5.41, 5.74) is 4.42. The van der Waals surface area contributed by atoms with E-state index in [4.69, 9.17) is 0 Å². The minimum atomic E-state index is 0.784. The summed E-state index contributed by atoms with van der Waals surface area (Å²) in [5.74, 6) is 0. The zero-order chi connectivity index (χ0) is 12.7. The van der Waals surface area contributed by atoms with E-state index in [-0.39, 0.29) is 0 Å². The molecule has 1 aromatic carbocycles. The van der Waals surface area contributed by atoms with Crippen molar-refractivity contribution < 1.29 is 0 Å². The zero-order valence-corrected chi connectivity index (χ0v) is 11.5. The van der Waals surface area contributed by atoms with E-state index in [2.05, 4.69) is 34.1 Å². The second-order valence-electron chi connectivity index (χ2n) is 6.12. The van der Waals surface area contributed by atoms with Gasteiger partial charge in [-0.05, 0) is 56.8 Å². The summed E-state index contributed by atoms with van der Waals surface area (Å²) in [6, 6.07) is 9.58. The van der Waals surface area contributed by atoms with Crippen LogP contribution in [0.2, 0.25) is 0 Å². The number of H-pyrrole nitrogens is 1. The van der Waals surface area contributed by atoms with Crippen LogP contribution in [0.25, 0.3) is 10.9 Å². The molecule has 0 radical (unpaired) electrons. The molecule has 1 aromatic heterocycles. The topological polar surface area (TPSA) is 19.0 Å². The van der Waals surface area contributed by atoms with E-state index >= 15 is 0 Å². The summed E-state index contributed by atoms with van der Waals surface area (Å²) in [7, 11) is 0. The normalized spacial score (nSPS) is 24.5. The first-order chi connectivity index (χ1) is 9.42. The van der Waals surface area contributed by atoms with Crippen molar-refractivity contribution in [3.8, 4) is 0 Å². The van der Waals surface area contributed by atoms with Crippen molar-refractivity contribution in [2.75, 3.05) is 13.1 Å². The molecule has 1 N–H and O–H groups in total. The number of benzene rings is 1. The van der Waals surface area contributed by atoms with Crippen LogP contribution < -0.4 is 0 Å². The lowest BCUT2D eigenvalue weighted by atomic mass is 9.89. The van der Waals surface area contributed by atoms with Gasteiger partial charge in [-0.15, -0.1) is 0 Å². The highest BCUT2D eigenvalue weighted by atomic mass is 15.2. The molecule has 2 aliphatic rings. The number of nitrogens with one attached hydrogen (secondary N) is 1. The highest BCUT2D eigenvalue weighted by Crippen LogP contribution is 2.31. The molecule has 4 rings (SSSR count). The molecule has 1 aliphatic carbocycles. The van der Waals surface area contributed by atoms with E-state index in [1.54, 1.807) is 5.56 Å². The third-order valence-electron chi connectivity index (χ3n) is 4.98. The molecule has 100 valence electrons. The maximum atomic E-state index is 3.62. The molecular weight excluding hydrogens is 232 g/mol. The Morgan fingerprint density at radius 3 is 2.79 bits per heavy atom. The number of aromatic amines is 1. The first-order valence-corrected chi connectivity index (χ1v) is 7.74. The van der Waals surface area contributed by atoms with E-state index in [0.717, 1.165) is 6.04 Å². The van der Waals surface area contributed by atoms with Gasteiger partial charge in [0.1, 0.15) is 0 Å². The number of hydrogen-bond donors (Lipinski definition) is 1. The van der Waals surface area contributed by atoms with Gasteiger partial charge in [0.15, 0.2) is 0 Å². The first kappa shape index (κ1) is 11.5.